The average molecular weight is 370 g/mol. The molecule has 0 N–H and O–H groups in total. The number of benzene rings is 3. The van der Waals surface area contributed by atoms with Gasteiger partial charge < -0.3 is 9.15 Å². The van der Waals surface area contributed by atoms with E-state index in [-0.39, 0.29) is 17.0 Å². The second kappa shape index (κ2) is 7.53. The van der Waals surface area contributed by atoms with Gasteiger partial charge in [0.1, 0.15) is 5.58 Å². The normalized spacial score (nSPS) is 11.9. The van der Waals surface area contributed by atoms with Crippen molar-refractivity contribution in [2.24, 2.45) is 0 Å². The molecule has 0 unspecified atom stereocenters. The third-order valence-electron chi connectivity index (χ3n) is 4.51. The van der Waals surface area contributed by atoms with Gasteiger partial charge in [0.15, 0.2) is 11.9 Å². The molecule has 0 spiro atoms. The van der Waals surface area contributed by atoms with Crippen LogP contribution >= 0.6 is 0 Å². The van der Waals surface area contributed by atoms with Crippen molar-refractivity contribution in [3.63, 3.8) is 0 Å². The van der Waals surface area contributed by atoms with E-state index in [9.17, 15) is 9.59 Å². The van der Waals surface area contributed by atoms with Crippen LogP contribution in [0.25, 0.3) is 22.3 Å². The van der Waals surface area contributed by atoms with Gasteiger partial charge in [-0.2, -0.15) is 0 Å². The van der Waals surface area contributed by atoms with Crippen molar-refractivity contribution in [2.45, 2.75) is 13.0 Å². The number of hydrogen-bond acceptors (Lipinski definition) is 4. The van der Waals surface area contributed by atoms with Crippen LogP contribution < -0.4 is 10.2 Å². The molecule has 1 aromatic heterocycles. The Labute approximate surface area is 162 Å². The molecule has 0 aliphatic rings. The van der Waals surface area contributed by atoms with E-state index < -0.39 is 6.10 Å². The number of para-hydroxylation sites is 1. The summed E-state index contributed by atoms with van der Waals surface area (Å²) in [4.78, 5) is 25.8. The Morgan fingerprint density at radius 2 is 1.46 bits per heavy atom. The highest BCUT2D eigenvalue weighted by molar-refractivity contribution is 5.99. The lowest BCUT2D eigenvalue weighted by Gasteiger charge is -2.16. The number of hydrogen-bond donors (Lipinski definition) is 0. The molecule has 138 valence electrons. The van der Waals surface area contributed by atoms with Gasteiger partial charge in [-0.15, -0.1) is 0 Å². The Morgan fingerprint density at radius 1 is 0.857 bits per heavy atom. The monoisotopic (exact) mass is 370 g/mol. The molecule has 0 aliphatic heterocycles. The van der Waals surface area contributed by atoms with E-state index in [4.69, 9.17) is 9.15 Å². The molecular weight excluding hydrogens is 352 g/mol. The lowest BCUT2D eigenvalue weighted by Crippen LogP contribution is -2.26. The smallest absolute Gasteiger partial charge is 0.235 e. The first kappa shape index (κ1) is 17.7. The van der Waals surface area contributed by atoms with Crippen LogP contribution in [-0.4, -0.2) is 11.9 Å². The summed E-state index contributed by atoms with van der Waals surface area (Å²) < 4.78 is 11.9. The number of ketones is 1. The summed E-state index contributed by atoms with van der Waals surface area (Å²) in [5.41, 5.74) is 1.41. The number of Topliss-reactive ketones (excluding diaryl/α,β-unsaturated/α-hetero) is 1. The highest BCUT2D eigenvalue weighted by Crippen LogP contribution is 2.31. The predicted molar refractivity (Wildman–Crippen MR) is 109 cm³/mol. The molecule has 0 amide bonds. The molecule has 4 nitrogen and oxygen atoms in total. The van der Waals surface area contributed by atoms with Gasteiger partial charge in [0.25, 0.3) is 0 Å². The molecule has 0 bridgehead atoms. The zero-order chi connectivity index (χ0) is 19.5. The molecule has 0 saturated carbocycles. The molecule has 0 radical (unpaired) electrons. The van der Waals surface area contributed by atoms with Gasteiger partial charge in [0.2, 0.25) is 17.0 Å². The Kier molecular flexibility index (Phi) is 4.77. The van der Waals surface area contributed by atoms with Crippen molar-refractivity contribution < 1.29 is 13.9 Å². The van der Waals surface area contributed by atoms with Crippen molar-refractivity contribution >= 4 is 16.8 Å². The summed E-state index contributed by atoms with van der Waals surface area (Å²) in [5.74, 6) is 0.158. The van der Waals surface area contributed by atoms with Crippen LogP contribution in [0, 0.1) is 0 Å². The second-order valence-electron chi connectivity index (χ2n) is 6.44. The molecule has 3 aromatic carbocycles. The topological polar surface area (TPSA) is 56.5 Å². The first-order chi connectivity index (χ1) is 13.6. The van der Waals surface area contributed by atoms with Crippen LogP contribution in [0.2, 0.25) is 0 Å². The summed E-state index contributed by atoms with van der Waals surface area (Å²) in [6.07, 6.45) is -0.839. The number of ether oxygens (including phenoxy) is 1. The molecule has 4 heteroatoms. The molecule has 0 saturated heterocycles. The number of rotatable bonds is 5. The quantitative estimate of drug-likeness (QED) is 0.458. The Balaban J connectivity index is 1.82. The summed E-state index contributed by atoms with van der Waals surface area (Å²) in [7, 11) is 0. The van der Waals surface area contributed by atoms with Crippen LogP contribution in [0.4, 0.5) is 0 Å². The highest BCUT2D eigenvalue weighted by atomic mass is 16.5. The molecule has 4 aromatic rings. The third kappa shape index (κ3) is 3.32. The van der Waals surface area contributed by atoms with Crippen molar-refractivity contribution in [1.82, 2.24) is 0 Å². The van der Waals surface area contributed by atoms with E-state index in [1.54, 1.807) is 49.4 Å². The maximum atomic E-state index is 13.1. The van der Waals surface area contributed by atoms with Crippen molar-refractivity contribution in [2.75, 3.05) is 0 Å². The molecule has 1 atom stereocenters. The van der Waals surface area contributed by atoms with E-state index in [1.165, 1.54) is 0 Å². The summed E-state index contributed by atoms with van der Waals surface area (Å²) in [5, 5.41) is 0.413. The zero-order valence-corrected chi connectivity index (χ0v) is 15.3. The molecule has 0 aliphatic carbocycles. The van der Waals surface area contributed by atoms with Crippen LogP contribution in [0.15, 0.2) is 94.1 Å². The fourth-order valence-corrected chi connectivity index (χ4v) is 3.08. The summed E-state index contributed by atoms with van der Waals surface area (Å²) >= 11 is 0. The van der Waals surface area contributed by atoms with E-state index in [1.807, 2.05) is 42.5 Å². The standard InChI is InChI=1S/C24H18O4/c1-16(21(25)17-10-4-2-5-11-17)27-24-22(26)19-14-8-9-15-20(19)28-23(24)18-12-6-3-7-13-18/h2-16H,1H3/t16-/m1/s1. The summed E-state index contributed by atoms with van der Waals surface area (Å²) in [6.45, 7) is 1.64. The Bertz CT molecular complexity index is 1180. The van der Waals surface area contributed by atoms with Crippen molar-refractivity contribution in [3.05, 3.63) is 101 Å². The van der Waals surface area contributed by atoms with Crippen LogP contribution in [0.5, 0.6) is 5.75 Å². The van der Waals surface area contributed by atoms with Crippen molar-refractivity contribution in [3.8, 4) is 17.1 Å². The molecular formula is C24H18O4. The fraction of sp³-hybridized carbons (Fsp3) is 0.0833. The van der Waals surface area contributed by atoms with Gasteiger partial charge in [0.05, 0.1) is 5.39 Å². The van der Waals surface area contributed by atoms with Crippen molar-refractivity contribution in [1.29, 1.82) is 0 Å². The van der Waals surface area contributed by atoms with Gasteiger partial charge in [0, 0.05) is 11.1 Å². The minimum atomic E-state index is -0.839. The largest absolute Gasteiger partial charge is 0.475 e. The summed E-state index contributed by atoms with van der Waals surface area (Å²) in [6, 6.07) is 25.1. The van der Waals surface area contributed by atoms with Crippen LogP contribution in [0.3, 0.4) is 0 Å². The average Bonchev–Trinajstić information content (AvgIpc) is 2.76. The predicted octanol–water partition coefficient (Wildman–Crippen LogP) is 5.11. The fourth-order valence-electron chi connectivity index (χ4n) is 3.08. The van der Waals surface area contributed by atoms with Crippen LogP contribution in [0.1, 0.15) is 17.3 Å². The molecule has 0 fully saturated rings. The molecule has 28 heavy (non-hydrogen) atoms. The highest BCUT2D eigenvalue weighted by Gasteiger charge is 2.23. The van der Waals surface area contributed by atoms with Gasteiger partial charge in [-0.25, -0.2) is 0 Å². The number of fused-ring (bicyclic) bond motifs is 1. The SMILES string of the molecule is C[C@@H](Oc1c(-c2ccccc2)oc2ccccc2c1=O)C(=O)c1ccccc1. The first-order valence-electron chi connectivity index (χ1n) is 9.02. The minimum absolute atomic E-state index is 0.0432. The van der Waals surface area contributed by atoms with E-state index in [0.717, 1.165) is 0 Å². The van der Waals surface area contributed by atoms with E-state index in [2.05, 4.69) is 0 Å². The van der Waals surface area contributed by atoms with Gasteiger partial charge in [-0.05, 0) is 19.1 Å². The minimum Gasteiger partial charge on any atom is -0.475 e. The maximum absolute atomic E-state index is 13.1. The van der Waals surface area contributed by atoms with E-state index in [0.29, 0.717) is 27.9 Å². The molecule has 1 heterocycles. The number of carbonyl (C=O) groups excluding carboxylic acids is 1. The maximum Gasteiger partial charge on any atom is 0.235 e. The van der Waals surface area contributed by atoms with Gasteiger partial charge >= 0.3 is 0 Å². The van der Waals surface area contributed by atoms with Crippen LogP contribution in [-0.2, 0) is 0 Å². The lowest BCUT2D eigenvalue weighted by atomic mass is 10.1. The second-order valence-corrected chi connectivity index (χ2v) is 6.44. The number of carbonyl (C=O) groups is 1. The van der Waals surface area contributed by atoms with Gasteiger partial charge in [-0.3, -0.25) is 9.59 Å². The van der Waals surface area contributed by atoms with E-state index >= 15 is 0 Å². The van der Waals surface area contributed by atoms with Gasteiger partial charge in [-0.1, -0.05) is 72.8 Å². The molecule has 4 rings (SSSR count). The zero-order valence-electron chi connectivity index (χ0n) is 15.3. The lowest BCUT2D eigenvalue weighted by molar-refractivity contribution is 0.0815. The Morgan fingerprint density at radius 3 is 2.18 bits per heavy atom. The first-order valence-corrected chi connectivity index (χ1v) is 9.02. The Hall–Kier alpha value is -3.66. The third-order valence-corrected chi connectivity index (χ3v) is 4.51.